The van der Waals surface area contributed by atoms with E-state index in [0.29, 0.717) is 23.2 Å². The highest BCUT2D eigenvalue weighted by molar-refractivity contribution is 7.20. The predicted octanol–water partition coefficient (Wildman–Crippen LogP) is 3.15. The lowest BCUT2D eigenvalue weighted by atomic mass is 9.99. The third-order valence-electron chi connectivity index (χ3n) is 3.61. The highest BCUT2D eigenvalue weighted by Gasteiger charge is 2.34. The first-order valence-electron chi connectivity index (χ1n) is 6.66. The van der Waals surface area contributed by atoms with Gasteiger partial charge in [-0.25, -0.2) is 14.2 Å². The molecular weight excluding hydrogens is 295 g/mol. The van der Waals surface area contributed by atoms with E-state index in [2.05, 4.69) is 4.98 Å². The van der Waals surface area contributed by atoms with Crippen molar-refractivity contribution in [1.29, 1.82) is 0 Å². The van der Waals surface area contributed by atoms with Gasteiger partial charge < -0.3 is 5.11 Å². The number of carboxylic acid groups (broad SMARTS) is 1. The van der Waals surface area contributed by atoms with Crippen LogP contribution in [-0.2, 0) is 0 Å². The van der Waals surface area contributed by atoms with Crippen LogP contribution in [0.5, 0.6) is 0 Å². The Bertz CT molecular complexity index is 715. The normalized spacial score (nSPS) is 18.9. The van der Waals surface area contributed by atoms with Gasteiger partial charge >= 0.3 is 6.09 Å². The maximum absolute atomic E-state index is 13.2. The number of likely N-dealkylation sites (tertiary alicyclic amines) is 1. The molecule has 1 saturated heterocycles. The van der Waals surface area contributed by atoms with Gasteiger partial charge in [-0.15, -0.1) is 11.3 Å². The molecule has 1 N–H and O–H groups in total. The molecule has 0 aliphatic carbocycles. The molecule has 1 aromatic carbocycles. The van der Waals surface area contributed by atoms with Crippen molar-refractivity contribution in [3.63, 3.8) is 0 Å². The Labute approximate surface area is 124 Å². The molecule has 1 amide bonds. The van der Waals surface area contributed by atoms with E-state index in [9.17, 15) is 19.1 Å². The van der Waals surface area contributed by atoms with Crippen LogP contribution in [0.4, 0.5) is 9.18 Å². The number of rotatable bonds is 2. The lowest BCUT2D eigenvalue weighted by molar-refractivity contribution is 0.0714. The molecule has 2 heterocycles. The van der Waals surface area contributed by atoms with E-state index >= 15 is 0 Å². The van der Waals surface area contributed by atoms with Crippen LogP contribution in [0.15, 0.2) is 18.2 Å². The maximum atomic E-state index is 13.2. The van der Waals surface area contributed by atoms with Crippen LogP contribution in [0.2, 0.25) is 0 Å². The fourth-order valence-electron chi connectivity index (χ4n) is 2.58. The Morgan fingerprint density at radius 3 is 2.95 bits per heavy atom. The van der Waals surface area contributed by atoms with E-state index in [4.69, 9.17) is 0 Å². The summed E-state index contributed by atoms with van der Waals surface area (Å²) in [4.78, 5) is 29.1. The van der Waals surface area contributed by atoms with Gasteiger partial charge in [0.05, 0.1) is 10.2 Å². The molecule has 1 fully saturated rings. The lowest BCUT2D eigenvalue weighted by Crippen LogP contribution is -2.47. The Kier molecular flexibility index (Phi) is 3.59. The number of benzene rings is 1. The van der Waals surface area contributed by atoms with Crippen molar-refractivity contribution in [1.82, 2.24) is 9.88 Å². The van der Waals surface area contributed by atoms with Gasteiger partial charge in [0, 0.05) is 6.54 Å². The number of thiazole rings is 1. The number of carbonyl (C=O) groups excluding carboxylic acids is 1. The van der Waals surface area contributed by atoms with E-state index < -0.39 is 12.1 Å². The molecule has 1 atom stereocenters. The van der Waals surface area contributed by atoms with E-state index in [1.165, 1.54) is 23.1 Å². The average molecular weight is 308 g/mol. The zero-order chi connectivity index (χ0) is 15.0. The second-order valence-electron chi connectivity index (χ2n) is 4.98. The number of hydrogen-bond donors (Lipinski definition) is 1. The summed E-state index contributed by atoms with van der Waals surface area (Å²) >= 11 is 1.11. The Balaban J connectivity index is 1.93. The standard InChI is InChI=1S/C14H13FN2O3S/c15-8-4-5-9-11(7-8)21-13(16-9)12(18)10-3-1-2-6-17(10)14(19)20/h4-5,7,10H,1-3,6H2,(H,19,20). The number of ketones is 1. The molecule has 0 bridgehead atoms. The van der Waals surface area contributed by atoms with Crippen LogP contribution < -0.4 is 0 Å². The van der Waals surface area contributed by atoms with Gasteiger partial charge in [0.1, 0.15) is 11.9 Å². The van der Waals surface area contributed by atoms with Crippen LogP contribution in [0.3, 0.4) is 0 Å². The molecule has 5 nitrogen and oxygen atoms in total. The van der Waals surface area contributed by atoms with Gasteiger partial charge in [-0.05, 0) is 37.5 Å². The molecule has 2 aromatic rings. The summed E-state index contributed by atoms with van der Waals surface area (Å²) in [6.07, 6.45) is 1.01. The zero-order valence-electron chi connectivity index (χ0n) is 11.1. The summed E-state index contributed by atoms with van der Waals surface area (Å²) < 4.78 is 13.8. The predicted molar refractivity (Wildman–Crippen MR) is 76.3 cm³/mol. The van der Waals surface area contributed by atoms with Crippen molar-refractivity contribution in [3.05, 3.63) is 29.0 Å². The smallest absolute Gasteiger partial charge is 0.407 e. The summed E-state index contributed by atoms with van der Waals surface area (Å²) in [7, 11) is 0. The van der Waals surface area contributed by atoms with E-state index in [0.717, 1.165) is 24.2 Å². The number of hydrogen-bond acceptors (Lipinski definition) is 4. The van der Waals surface area contributed by atoms with Crippen molar-refractivity contribution in [2.24, 2.45) is 0 Å². The minimum Gasteiger partial charge on any atom is -0.465 e. The highest BCUT2D eigenvalue weighted by atomic mass is 32.1. The number of piperidine rings is 1. The molecule has 1 aliphatic rings. The minimum absolute atomic E-state index is 0.244. The number of halogens is 1. The van der Waals surface area contributed by atoms with Gasteiger partial charge in [-0.3, -0.25) is 9.69 Å². The number of aromatic nitrogens is 1. The van der Waals surface area contributed by atoms with Crippen molar-refractivity contribution in [2.75, 3.05) is 6.54 Å². The molecule has 1 aliphatic heterocycles. The van der Waals surface area contributed by atoms with Crippen molar-refractivity contribution in [2.45, 2.75) is 25.3 Å². The summed E-state index contributed by atoms with van der Waals surface area (Å²) in [5.41, 5.74) is 0.558. The van der Waals surface area contributed by atoms with E-state index in [-0.39, 0.29) is 16.6 Å². The summed E-state index contributed by atoms with van der Waals surface area (Å²) in [6.45, 7) is 0.366. The first-order chi connectivity index (χ1) is 10.1. The molecule has 0 spiro atoms. The first-order valence-corrected chi connectivity index (χ1v) is 7.48. The highest BCUT2D eigenvalue weighted by Crippen LogP contribution is 2.27. The molecule has 1 unspecified atom stereocenters. The summed E-state index contributed by atoms with van der Waals surface area (Å²) in [5.74, 6) is -0.673. The van der Waals surface area contributed by atoms with Crippen molar-refractivity contribution < 1.29 is 19.1 Å². The molecule has 7 heteroatoms. The third kappa shape index (κ3) is 2.61. The molecule has 1 aromatic heterocycles. The number of nitrogens with zero attached hydrogens (tertiary/aromatic N) is 2. The van der Waals surface area contributed by atoms with E-state index in [1.807, 2.05) is 0 Å². The SMILES string of the molecule is O=C(c1nc2ccc(F)cc2s1)C1CCCCN1C(=O)O. The zero-order valence-corrected chi connectivity index (χ0v) is 11.9. The molecular formula is C14H13FN2O3S. The molecule has 21 heavy (non-hydrogen) atoms. The average Bonchev–Trinajstić information content (AvgIpc) is 2.89. The van der Waals surface area contributed by atoms with Gasteiger partial charge in [0.15, 0.2) is 5.01 Å². The third-order valence-corrected chi connectivity index (χ3v) is 4.65. The van der Waals surface area contributed by atoms with Gasteiger partial charge in [-0.1, -0.05) is 0 Å². The topological polar surface area (TPSA) is 70.5 Å². The number of fused-ring (bicyclic) bond motifs is 1. The largest absolute Gasteiger partial charge is 0.465 e. The Morgan fingerprint density at radius 2 is 2.19 bits per heavy atom. The van der Waals surface area contributed by atoms with Crippen LogP contribution in [0.25, 0.3) is 10.2 Å². The van der Waals surface area contributed by atoms with Crippen LogP contribution >= 0.6 is 11.3 Å². The van der Waals surface area contributed by atoms with Crippen molar-refractivity contribution in [3.8, 4) is 0 Å². The quantitative estimate of drug-likeness (QED) is 0.865. The fourth-order valence-corrected chi connectivity index (χ4v) is 3.56. The molecule has 110 valence electrons. The molecule has 3 rings (SSSR count). The first kappa shape index (κ1) is 13.9. The molecule has 0 saturated carbocycles. The molecule has 0 radical (unpaired) electrons. The summed E-state index contributed by atoms with van der Waals surface area (Å²) in [6, 6.07) is 3.47. The van der Waals surface area contributed by atoms with Crippen LogP contribution in [0.1, 0.15) is 29.1 Å². The second kappa shape index (κ2) is 5.40. The fraction of sp³-hybridized carbons (Fsp3) is 0.357. The number of Topliss-reactive ketones (excluding diaryl/α,β-unsaturated/α-hetero) is 1. The number of amides is 1. The van der Waals surface area contributed by atoms with E-state index in [1.54, 1.807) is 0 Å². The van der Waals surface area contributed by atoms with Gasteiger partial charge in [0.25, 0.3) is 0 Å². The Morgan fingerprint density at radius 1 is 1.38 bits per heavy atom. The number of carbonyl (C=O) groups is 2. The Hall–Kier alpha value is -2.02. The van der Waals surface area contributed by atoms with Crippen LogP contribution in [0, 0.1) is 5.82 Å². The van der Waals surface area contributed by atoms with Crippen molar-refractivity contribution >= 4 is 33.4 Å². The minimum atomic E-state index is -1.08. The summed E-state index contributed by atoms with van der Waals surface area (Å²) in [5, 5.41) is 9.43. The monoisotopic (exact) mass is 308 g/mol. The lowest BCUT2D eigenvalue weighted by Gasteiger charge is -2.31. The van der Waals surface area contributed by atoms with Gasteiger partial charge in [-0.2, -0.15) is 0 Å². The second-order valence-corrected chi connectivity index (χ2v) is 6.01. The maximum Gasteiger partial charge on any atom is 0.407 e. The van der Waals surface area contributed by atoms with Gasteiger partial charge in [0.2, 0.25) is 5.78 Å². The van der Waals surface area contributed by atoms with Crippen LogP contribution in [-0.4, -0.2) is 39.5 Å².